The Labute approximate surface area is 128 Å². The van der Waals surface area contributed by atoms with Crippen molar-refractivity contribution in [3.63, 3.8) is 0 Å². The Morgan fingerprint density at radius 2 is 1.85 bits per heavy atom. The summed E-state index contributed by atoms with van der Waals surface area (Å²) in [5.41, 5.74) is -5.53. The quantitative estimate of drug-likeness (QED) is 0.394. The molecule has 1 N–H and O–H groups in total. The number of imidazole rings is 1. The average molecular weight is 311 g/mol. The Morgan fingerprint density at radius 3 is 2.10 bits per heavy atom. The van der Waals surface area contributed by atoms with Gasteiger partial charge in [-0.2, -0.15) is 21.6 Å². The van der Waals surface area contributed by atoms with Gasteiger partial charge >= 0.3 is 34.5 Å². The van der Waals surface area contributed by atoms with Crippen molar-refractivity contribution in [2.75, 3.05) is 0 Å². The summed E-state index contributed by atoms with van der Waals surface area (Å²) < 4.78 is 62.0. The number of halogens is 3. The van der Waals surface area contributed by atoms with E-state index in [0.717, 1.165) is 6.54 Å². The Hall–Kier alpha value is -0.493. The first-order valence-electron chi connectivity index (χ1n) is 5.55. The van der Waals surface area contributed by atoms with Gasteiger partial charge in [-0.25, -0.2) is 9.13 Å². The molecule has 0 aliphatic heterocycles. The number of aromatic nitrogens is 2. The molecule has 0 spiro atoms. The third kappa shape index (κ3) is 7.33. The second-order valence-electron chi connectivity index (χ2n) is 3.92. The van der Waals surface area contributed by atoms with Crippen LogP contribution in [0, 0.1) is 6.92 Å². The van der Waals surface area contributed by atoms with Crippen LogP contribution in [0.3, 0.4) is 0 Å². The number of nitrogens with zero attached hydrogens (tertiary/aromatic N) is 2. The molecule has 1 aromatic rings. The second kappa shape index (κ2) is 8.72. The van der Waals surface area contributed by atoms with Crippen LogP contribution in [0.4, 0.5) is 13.2 Å². The zero-order chi connectivity index (χ0) is 15.3. The van der Waals surface area contributed by atoms with E-state index in [9.17, 15) is 13.2 Å². The van der Waals surface area contributed by atoms with E-state index in [4.69, 9.17) is 13.0 Å². The van der Waals surface area contributed by atoms with Crippen LogP contribution < -0.4 is 4.57 Å². The predicted octanol–water partition coefficient (Wildman–Crippen LogP) is 1.17. The van der Waals surface area contributed by atoms with Crippen LogP contribution in [0.25, 0.3) is 0 Å². The van der Waals surface area contributed by atoms with Crippen LogP contribution in [0.1, 0.15) is 25.6 Å². The van der Waals surface area contributed by atoms with Crippen molar-refractivity contribution in [2.45, 2.75) is 38.7 Å². The van der Waals surface area contributed by atoms with Crippen LogP contribution in [0.15, 0.2) is 12.4 Å². The predicted molar refractivity (Wildman–Crippen MR) is 70.0 cm³/mol. The van der Waals surface area contributed by atoms with Gasteiger partial charge in [0.25, 0.3) is 5.82 Å². The fourth-order valence-electron chi connectivity index (χ4n) is 1.16. The topological polar surface area (TPSA) is 63.2 Å². The zero-order valence-electron chi connectivity index (χ0n) is 11.0. The molecule has 0 fully saturated rings. The average Bonchev–Trinajstić information content (AvgIpc) is 2.55. The fourth-order valence-corrected chi connectivity index (χ4v) is 1.16. The normalized spacial score (nSPS) is 11.3. The van der Waals surface area contributed by atoms with E-state index in [0.29, 0.717) is 0 Å². The van der Waals surface area contributed by atoms with Gasteiger partial charge in [-0.15, -0.1) is 0 Å². The van der Waals surface area contributed by atoms with Crippen LogP contribution >= 0.6 is 0 Å². The molecule has 0 aromatic carbocycles. The van der Waals surface area contributed by atoms with Crippen molar-refractivity contribution in [1.29, 1.82) is 0 Å². The van der Waals surface area contributed by atoms with Gasteiger partial charge in [-0.3, -0.25) is 4.55 Å². The van der Waals surface area contributed by atoms with Gasteiger partial charge in [-0.1, -0.05) is 13.3 Å². The second-order valence-corrected chi connectivity index (χ2v) is 5.34. The Balaban J connectivity index is 0. The molecule has 20 heavy (non-hydrogen) atoms. The Morgan fingerprint density at radius 1 is 1.40 bits per heavy atom. The molecule has 0 radical (unpaired) electrons. The van der Waals surface area contributed by atoms with Gasteiger partial charge in [0.15, 0.2) is 0 Å². The van der Waals surface area contributed by atoms with Crippen molar-refractivity contribution in [2.24, 2.45) is 7.05 Å². The molecule has 0 unspecified atom stereocenters. The van der Waals surface area contributed by atoms with Crippen molar-refractivity contribution in [1.82, 2.24) is 4.57 Å². The van der Waals surface area contributed by atoms with Crippen LogP contribution in [0.5, 0.6) is 0 Å². The summed E-state index contributed by atoms with van der Waals surface area (Å²) in [5, 5.41) is 0. The van der Waals surface area contributed by atoms with E-state index >= 15 is 0 Å². The van der Waals surface area contributed by atoms with Gasteiger partial charge in [0.2, 0.25) is 0 Å². The van der Waals surface area contributed by atoms with Gasteiger partial charge < -0.3 is 0 Å². The van der Waals surface area contributed by atoms with Crippen LogP contribution in [-0.4, -0.2) is 41.9 Å². The number of rotatable bonds is 3. The SMILES string of the molecule is CCCC[n+]1ccn(C)c1C.O=S(=O)(O)C(F)(F)F.[LiH]. The monoisotopic (exact) mass is 311 g/mol. The zero-order valence-corrected chi connectivity index (χ0v) is 11.8. The molecule has 0 saturated carbocycles. The number of aryl methyl sites for hydroxylation is 2. The molecule has 1 heterocycles. The summed E-state index contributed by atoms with van der Waals surface area (Å²) in [7, 11) is -3.76. The first kappa shape index (κ1) is 21.8. The molecular weight excluding hydrogens is 292 g/mol. The van der Waals surface area contributed by atoms with Crippen LogP contribution in [-0.2, 0) is 23.7 Å². The Kier molecular flexibility index (Phi) is 9.50. The minimum atomic E-state index is -5.84. The van der Waals surface area contributed by atoms with E-state index in [1.807, 2.05) is 0 Å². The van der Waals surface area contributed by atoms with Gasteiger partial charge in [-0.05, 0) is 6.42 Å². The summed E-state index contributed by atoms with van der Waals surface area (Å²) >= 11 is 0. The van der Waals surface area contributed by atoms with Crippen molar-refractivity contribution < 1.29 is 30.7 Å². The third-order valence-electron chi connectivity index (χ3n) is 2.44. The van der Waals surface area contributed by atoms with E-state index in [1.165, 1.54) is 18.7 Å². The molecule has 0 amide bonds. The molecule has 0 atom stereocenters. The van der Waals surface area contributed by atoms with E-state index in [-0.39, 0.29) is 18.9 Å². The molecule has 114 valence electrons. The molecular formula is C10H19F3LiN2O3S+. The number of unbranched alkanes of at least 4 members (excludes halogenated alkanes) is 1. The first-order chi connectivity index (χ1) is 8.50. The van der Waals surface area contributed by atoms with Crippen LogP contribution in [0.2, 0.25) is 0 Å². The molecule has 5 nitrogen and oxygen atoms in total. The van der Waals surface area contributed by atoms with E-state index < -0.39 is 15.6 Å². The molecule has 0 saturated heterocycles. The van der Waals surface area contributed by atoms with Gasteiger partial charge in [0, 0.05) is 6.92 Å². The first-order valence-corrected chi connectivity index (χ1v) is 6.99. The van der Waals surface area contributed by atoms with Gasteiger partial charge in [0.1, 0.15) is 12.4 Å². The summed E-state index contributed by atoms with van der Waals surface area (Å²) in [6.45, 7) is 5.53. The van der Waals surface area contributed by atoms with Crippen molar-refractivity contribution in [3.8, 4) is 0 Å². The number of hydrogen-bond acceptors (Lipinski definition) is 2. The fraction of sp³-hybridized carbons (Fsp3) is 0.700. The number of alkyl halides is 3. The third-order valence-corrected chi connectivity index (χ3v) is 3.03. The summed E-state index contributed by atoms with van der Waals surface area (Å²) in [6, 6.07) is 0. The number of hydrogen-bond donors (Lipinski definition) is 1. The summed E-state index contributed by atoms with van der Waals surface area (Å²) in [6.07, 6.45) is 6.78. The molecule has 0 aliphatic carbocycles. The molecule has 1 rings (SSSR count). The van der Waals surface area contributed by atoms with Crippen molar-refractivity contribution in [3.05, 3.63) is 18.2 Å². The molecule has 1 aromatic heterocycles. The standard InChI is InChI=1S/C9H17N2.CHF3O3S.Li.H/c1-4-5-6-11-8-7-10(3)9(11)2;2-1(3,4)8(5,6)7;;/h7-8H,4-6H2,1-3H3;(H,5,6,7);;/q+1;;;. The van der Waals surface area contributed by atoms with E-state index in [2.05, 4.69) is 42.4 Å². The van der Waals surface area contributed by atoms with E-state index in [1.54, 1.807) is 0 Å². The van der Waals surface area contributed by atoms with Gasteiger partial charge in [0.05, 0.1) is 13.6 Å². The summed E-state index contributed by atoms with van der Waals surface area (Å²) in [4.78, 5) is 0. The van der Waals surface area contributed by atoms with Crippen molar-refractivity contribution >= 4 is 29.0 Å². The minimum absolute atomic E-state index is 0. The molecule has 10 heteroatoms. The maximum absolute atomic E-state index is 10.7. The Bertz CT molecular complexity index is 500. The summed E-state index contributed by atoms with van der Waals surface area (Å²) in [5.74, 6) is 1.33. The maximum atomic E-state index is 10.7. The molecule has 0 bridgehead atoms. The molecule has 0 aliphatic rings.